The normalized spacial score (nSPS) is 14.4. The summed E-state index contributed by atoms with van der Waals surface area (Å²) >= 11 is 6.46. The fraction of sp³-hybridized carbons (Fsp3) is 0.400. The van der Waals surface area contributed by atoms with Crippen molar-refractivity contribution in [2.75, 3.05) is 49.5 Å². The minimum Gasteiger partial charge on any atom is -0.480 e. The summed E-state index contributed by atoms with van der Waals surface area (Å²) in [5, 5.41) is 4.72. The van der Waals surface area contributed by atoms with Crippen LogP contribution in [0.4, 0.5) is 17.2 Å². The van der Waals surface area contributed by atoms with Crippen LogP contribution in [0, 0.1) is 0 Å². The van der Waals surface area contributed by atoms with Crippen LogP contribution in [0.5, 0.6) is 5.75 Å². The third kappa shape index (κ3) is 5.18. The predicted molar refractivity (Wildman–Crippen MR) is 137 cm³/mol. The Labute approximate surface area is 204 Å². The fourth-order valence-electron chi connectivity index (χ4n) is 4.04. The van der Waals surface area contributed by atoms with E-state index in [2.05, 4.69) is 27.0 Å². The van der Waals surface area contributed by atoms with Gasteiger partial charge in [0.25, 0.3) is 5.56 Å². The van der Waals surface area contributed by atoms with Gasteiger partial charge in [0.05, 0.1) is 22.4 Å². The number of piperazine rings is 1. The highest BCUT2D eigenvalue weighted by molar-refractivity contribution is 6.33. The van der Waals surface area contributed by atoms with Crippen LogP contribution >= 0.6 is 11.6 Å². The van der Waals surface area contributed by atoms with Gasteiger partial charge < -0.3 is 24.4 Å². The Morgan fingerprint density at radius 1 is 1.15 bits per heavy atom. The summed E-state index contributed by atoms with van der Waals surface area (Å²) in [5.41, 5.74) is 2.07. The molecular weight excluding hydrogens is 454 g/mol. The third-order valence-corrected chi connectivity index (χ3v) is 6.54. The number of nitrogens with one attached hydrogen (secondary N) is 1. The number of ether oxygens (including phenoxy) is 1. The summed E-state index contributed by atoms with van der Waals surface area (Å²) < 4.78 is 7.04. The first-order chi connectivity index (χ1) is 16.4. The van der Waals surface area contributed by atoms with Gasteiger partial charge in [-0.25, -0.2) is 4.98 Å². The number of likely N-dealkylation sites (N-methyl/N-ethyl adjacent to an activating group) is 1. The molecule has 0 amide bonds. The van der Waals surface area contributed by atoms with E-state index in [1.165, 1.54) is 4.57 Å². The molecule has 1 fully saturated rings. The number of halogens is 1. The lowest BCUT2D eigenvalue weighted by molar-refractivity contribution is -0.120. The van der Waals surface area contributed by atoms with E-state index in [1.54, 1.807) is 26.2 Å². The molecule has 1 aromatic carbocycles. The van der Waals surface area contributed by atoms with Crippen molar-refractivity contribution in [2.45, 2.75) is 20.3 Å². The minimum atomic E-state index is -0.276. The van der Waals surface area contributed by atoms with E-state index in [-0.39, 0.29) is 23.7 Å². The van der Waals surface area contributed by atoms with Crippen LogP contribution in [-0.2, 0) is 11.8 Å². The number of Topliss-reactive ketones (excluding diaryl/α,β-unsaturated/α-hetero) is 1. The van der Waals surface area contributed by atoms with Crippen molar-refractivity contribution in [3.8, 4) is 5.75 Å². The molecule has 0 spiro atoms. The molecule has 1 saturated heterocycles. The van der Waals surface area contributed by atoms with E-state index in [9.17, 15) is 9.59 Å². The van der Waals surface area contributed by atoms with Gasteiger partial charge in [0.15, 0.2) is 11.5 Å². The number of ketones is 1. The fourth-order valence-corrected chi connectivity index (χ4v) is 4.19. The number of nitrogens with zero attached hydrogens (tertiary/aromatic N) is 4. The molecule has 2 aromatic heterocycles. The van der Waals surface area contributed by atoms with Gasteiger partial charge in [-0.1, -0.05) is 25.4 Å². The van der Waals surface area contributed by atoms with Gasteiger partial charge in [-0.2, -0.15) is 0 Å². The maximum absolute atomic E-state index is 12.6. The van der Waals surface area contributed by atoms with Crippen LogP contribution in [0.15, 0.2) is 41.3 Å². The number of aromatic nitrogens is 2. The molecule has 0 unspecified atom stereocenters. The zero-order chi connectivity index (χ0) is 24.2. The van der Waals surface area contributed by atoms with Crippen molar-refractivity contribution < 1.29 is 9.53 Å². The van der Waals surface area contributed by atoms with Crippen LogP contribution in [0.25, 0.3) is 10.9 Å². The van der Waals surface area contributed by atoms with Crippen LogP contribution in [-0.4, -0.2) is 59.6 Å². The molecule has 1 N–H and O–H groups in total. The molecule has 0 bridgehead atoms. The SMILES string of the molecule is CCC(=O)COc1cc2cc(Nc3cc(N4CCN(CC)CC4)ncc3Cl)ccc2n(C)c1=O. The Morgan fingerprint density at radius 3 is 2.62 bits per heavy atom. The second kappa shape index (κ2) is 10.4. The molecular formula is C25H30ClN5O3. The van der Waals surface area contributed by atoms with Crippen molar-refractivity contribution in [3.05, 3.63) is 51.9 Å². The molecule has 0 radical (unpaired) electrons. The largest absolute Gasteiger partial charge is 0.480 e. The van der Waals surface area contributed by atoms with Gasteiger partial charge in [-0.3, -0.25) is 9.59 Å². The molecule has 0 saturated carbocycles. The smallest absolute Gasteiger partial charge is 0.293 e. The molecule has 1 aliphatic rings. The number of carbonyl (C=O) groups is 1. The van der Waals surface area contributed by atoms with Crippen molar-refractivity contribution >= 4 is 45.5 Å². The van der Waals surface area contributed by atoms with Gasteiger partial charge in [0, 0.05) is 56.8 Å². The molecule has 180 valence electrons. The summed E-state index contributed by atoms with van der Waals surface area (Å²) in [6.45, 7) is 8.77. The quantitative estimate of drug-likeness (QED) is 0.521. The summed E-state index contributed by atoms with van der Waals surface area (Å²) in [6, 6.07) is 9.36. The lowest BCUT2D eigenvalue weighted by Crippen LogP contribution is -2.46. The van der Waals surface area contributed by atoms with Gasteiger partial charge >= 0.3 is 0 Å². The van der Waals surface area contributed by atoms with E-state index in [1.807, 2.05) is 24.3 Å². The second-order valence-electron chi connectivity index (χ2n) is 8.40. The molecule has 4 rings (SSSR count). The predicted octanol–water partition coefficient (Wildman–Crippen LogP) is 3.83. The molecule has 0 atom stereocenters. The summed E-state index contributed by atoms with van der Waals surface area (Å²) in [7, 11) is 1.69. The van der Waals surface area contributed by atoms with Crippen molar-refractivity contribution in [1.29, 1.82) is 0 Å². The average Bonchev–Trinajstić information content (AvgIpc) is 2.86. The first-order valence-corrected chi connectivity index (χ1v) is 12.0. The second-order valence-corrected chi connectivity index (χ2v) is 8.80. The molecule has 34 heavy (non-hydrogen) atoms. The first kappa shape index (κ1) is 24.0. The number of aryl methyl sites for hydroxylation is 1. The van der Waals surface area contributed by atoms with Crippen LogP contribution in [0.2, 0.25) is 5.02 Å². The molecule has 9 heteroatoms. The zero-order valence-electron chi connectivity index (χ0n) is 19.8. The van der Waals surface area contributed by atoms with Crippen molar-refractivity contribution in [2.24, 2.45) is 7.05 Å². The van der Waals surface area contributed by atoms with Crippen LogP contribution in [0.1, 0.15) is 20.3 Å². The van der Waals surface area contributed by atoms with E-state index < -0.39 is 0 Å². The van der Waals surface area contributed by atoms with E-state index >= 15 is 0 Å². The summed E-state index contributed by atoms with van der Waals surface area (Å²) in [5.74, 6) is 0.989. The lowest BCUT2D eigenvalue weighted by Gasteiger charge is -2.35. The number of hydrogen-bond acceptors (Lipinski definition) is 7. The highest BCUT2D eigenvalue weighted by Gasteiger charge is 2.18. The van der Waals surface area contributed by atoms with E-state index in [0.717, 1.165) is 60.8 Å². The maximum atomic E-state index is 12.6. The van der Waals surface area contributed by atoms with E-state index in [0.29, 0.717) is 11.4 Å². The Bertz CT molecular complexity index is 1250. The lowest BCUT2D eigenvalue weighted by atomic mass is 10.1. The van der Waals surface area contributed by atoms with Gasteiger partial charge in [0.2, 0.25) is 0 Å². The van der Waals surface area contributed by atoms with Crippen LogP contribution < -0.4 is 20.5 Å². The Morgan fingerprint density at radius 2 is 1.91 bits per heavy atom. The summed E-state index contributed by atoms with van der Waals surface area (Å²) in [6.07, 6.45) is 2.04. The third-order valence-electron chi connectivity index (χ3n) is 6.24. The number of benzene rings is 1. The van der Waals surface area contributed by atoms with E-state index in [4.69, 9.17) is 16.3 Å². The van der Waals surface area contributed by atoms with Gasteiger partial charge in [0.1, 0.15) is 12.4 Å². The molecule has 3 aromatic rings. The van der Waals surface area contributed by atoms with Crippen LogP contribution in [0.3, 0.4) is 0 Å². The maximum Gasteiger partial charge on any atom is 0.293 e. The van der Waals surface area contributed by atoms with Gasteiger partial charge in [-0.15, -0.1) is 0 Å². The topological polar surface area (TPSA) is 79.7 Å². The Balaban J connectivity index is 1.59. The number of anilines is 3. The Kier molecular flexibility index (Phi) is 7.38. The highest BCUT2D eigenvalue weighted by atomic mass is 35.5. The van der Waals surface area contributed by atoms with Gasteiger partial charge in [-0.05, 0) is 30.8 Å². The summed E-state index contributed by atoms with van der Waals surface area (Å²) in [4.78, 5) is 33.5. The molecule has 1 aliphatic heterocycles. The molecule has 3 heterocycles. The number of carbonyl (C=O) groups excluding carboxylic acids is 1. The monoisotopic (exact) mass is 483 g/mol. The van der Waals surface area contributed by atoms with Crippen molar-refractivity contribution in [1.82, 2.24) is 14.5 Å². The number of pyridine rings is 2. The minimum absolute atomic E-state index is 0.0585. The molecule has 0 aliphatic carbocycles. The molecule has 8 nitrogen and oxygen atoms in total. The Hall–Kier alpha value is -3.10. The first-order valence-electron chi connectivity index (χ1n) is 11.6. The highest BCUT2D eigenvalue weighted by Crippen LogP contribution is 2.30. The number of fused-ring (bicyclic) bond motifs is 1. The zero-order valence-corrected chi connectivity index (χ0v) is 20.6. The van der Waals surface area contributed by atoms with Crippen molar-refractivity contribution in [3.63, 3.8) is 0 Å². The average molecular weight is 484 g/mol. The standard InChI is InChI=1S/C25H30ClN5O3/c1-4-19(32)16-34-23-13-17-12-18(6-7-22(17)29(3)25(23)33)28-21-14-24(27-15-20(21)26)31-10-8-30(5-2)9-11-31/h6-7,12-15H,4-5,8-11,16H2,1-3H3,(H,27,28). The number of rotatable bonds is 8. The number of hydrogen-bond donors (Lipinski definition) is 1.